The van der Waals surface area contributed by atoms with Crippen molar-refractivity contribution in [1.29, 1.82) is 0 Å². The molecule has 0 fully saturated rings. The molecule has 0 aliphatic carbocycles. The summed E-state index contributed by atoms with van der Waals surface area (Å²) in [7, 11) is 0. The Balaban J connectivity index is 2.30. The summed E-state index contributed by atoms with van der Waals surface area (Å²) in [6.45, 7) is 6.84. The number of carbonyl (C=O) groups excluding carboxylic acids is 3. The van der Waals surface area contributed by atoms with Gasteiger partial charge in [0.05, 0.1) is 6.54 Å². The van der Waals surface area contributed by atoms with E-state index in [2.05, 4.69) is 10.6 Å². The van der Waals surface area contributed by atoms with Crippen LogP contribution in [0.1, 0.15) is 26.3 Å². The smallest absolute Gasteiger partial charge is 0.319 e. The van der Waals surface area contributed by atoms with Gasteiger partial charge in [-0.1, -0.05) is 17.7 Å². The molecule has 6 nitrogen and oxygen atoms in total. The summed E-state index contributed by atoms with van der Waals surface area (Å²) in [4.78, 5) is 35.8. The van der Waals surface area contributed by atoms with Crippen molar-refractivity contribution < 1.29 is 19.1 Å². The third-order valence-corrected chi connectivity index (χ3v) is 4.00. The number of aryl methyl sites for hydroxylation is 1. The maximum absolute atomic E-state index is 11.9. The number of hydrogen-bond donors (Lipinski definition) is 2. The highest BCUT2D eigenvalue weighted by Gasteiger charge is 2.17. The summed E-state index contributed by atoms with van der Waals surface area (Å²) in [5.41, 5.74) is 1.15. The fourth-order valence-corrected chi connectivity index (χ4v) is 2.59. The molecule has 0 aromatic heterocycles. The number of rotatable bonds is 8. The second-order valence-corrected chi connectivity index (χ2v) is 7.09. The second kappa shape index (κ2) is 9.97. The van der Waals surface area contributed by atoms with Gasteiger partial charge < -0.3 is 15.4 Å². The van der Waals surface area contributed by atoms with Crippen molar-refractivity contribution in [3.8, 4) is 0 Å². The minimum absolute atomic E-state index is 0.00637. The highest BCUT2D eigenvalue weighted by molar-refractivity contribution is 8.00. The number of amides is 2. The summed E-state index contributed by atoms with van der Waals surface area (Å²) in [6.07, 6.45) is 0. The zero-order valence-electron chi connectivity index (χ0n) is 14.4. The van der Waals surface area contributed by atoms with Crippen molar-refractivity contribution in [2.24, 2.45) is 0 Å². The molecule has 7 heteroatoms. The van der Waals surface area contributed by atoms with Gasteiger partial charge in [-0.15, -0.1) is 11.8 Å². The maximum atomic E-state index is 11.9. The Morgan fingerprint density at radius 3 is 2.29 bits per heavy atom. The third-order valence-electron chi connectivity index (χ3n) is 2.91. The van der Waals surface area contributed by atoms with Crippen LogP contribution < -0.4 is 10.6 Å². The van der Waals surface area contributed by atoms with Crippen molar-refractivity contribution in [2.75, 3.05) is 13.2 Å². The van der Waals surface area contributed by atoms with Crippen molar-refractivity contribution in [1.82, 2.24) is 10.6 Å². The normalized spacial score (nSPS) is 11.7. The molecule has 0 unspecified atom stereocenters. The number of hydrogen-bond acceptors (Lipinski definition) is 5. The van der Waals surface area contributed by atoms with E-state index >= 15 is 0 Å². The molecule has 1 aromatic carbocycles. The first-order valence-electron chi connectivity index (χ1n) is 7.74. The molecule has 1 aromatic rings. The van der Waals surface area contributed by atoms with Crippen LogP contribution in [0.15, 0.2) is 29.2 Å². The zero-order valence-corrected chi connectivity index (χ0v) is 15.2. The number of ether oxygens (including phenoxy) is 1. The molecule has 0 saturated carbocycles. The molecule has 2 amide bonds. The maximum Gasteiger partial charge on any atom is 0.319 e. The van der Waals surface area contributed by atoms with E-state index in [1.807, 2.05) is 45.0 Å². The molecule has 132 valence electrons. The van der Waals surface area contributed by atoms with E-state index in [1.165, 1.54) is 11.8 Å². The lowest BCUT2D eigenvalue weighted by atomic mass is 10.2. The average Bonchev–Trinajstić information content (AvgIpc) is 2.52. The standard InChI is InChI=1S/C17H24N2O4S/c1-11(2)19-15(20)9-18-16(21)10-23-17(22)13(4)24-14-7-5-12(3)6-8-14/h5-8,11,13H,9-10H2,1-4H3,(H,18,21)(H,19,20)/t13-/m0/s1. The molecular formula is C17H24N2O4S. The highest BCUT2D eigenvalue weighted by atomic mass is 32.2. The lowest BCUT2D eigenvalue weighted by molar-refractivity contribution is -0.147. The van der Waals surface area contributed by atoms with Crippen molar-refractivity contribution in [3.05, 3.63) is 29.8 Å². The molecule has 0 saturated heterocycles. The molecule has 2 N–H and O–H groups in total. The van der Waals surface area contributed by atoms with Crippen LogP contribution in [0.3, 0.4) is 0 Å². The summed E-state index contributed by atoms with van der Waals surface area (Å²) in [5.74, 6) is -1.26. The second-order valence-electron chi connectivity index (χ2n) is 5.68. The predicted molar refractivity (Wildman–Crippen MR) is 93.7 cm³/mol. The third kappa shape index (κ3) is 8.01. The molecule has 24 heavy (non-hydrogen) atoms. The monoisotopic (exact) mass is 352 g/mol. The fourth-order valence-electron chi connectivity index (χ4n) is 1.73. The topological polar surface area (TPSA) is 84.5 Å². The zero-order chi connectivity index (χ0) is 18.1. The van der Waals surface area contributed by atoms with Gasteiger partial charge in [0.1, 0.15) is 5.25 Å². The summed E-state index contributed by atoms with van der Waals surface area (Å²) in [6, 6.07) is 7.81. The molecule has 0 heterocycles. The number of carbonyl (C=O) groups is 3. The van der Waals surface area contributed by atoms with Gasteiger partial charge in [-0.05, 0) is 39.8 Å². The minimum Gasteiger partial charge on any atom is -0.455 e. The molecule has 0 spiro atoms. The summed E-state index contributed by atoms with van der Waals surface area (Å²) in [5, 5.41) is 4.62. The Bertz CT molecular complexity index is 572. The molecule has 0 aliphatic rings. The number of thioether (sulfide) groups is 1. The van der Waals surface area contributed by atoms with Gasteiger partial charge in [0.15, 0.2) is 6.61 Å². The van der Waals surface area contributed by atoms with Gasteiger partial charge in [-0.25, -0.2) is 0 Å². The summed E-state index contributed by atoms with van der Waals surface area (Å²) < 4.78 is 4.97. The molecule has 0 radical (unpaired) electrons. The number of esters is 1. The summed E-state index contributed by atoms with van der Waals surface area (Å²) >= 11 is 1.37. The first-order valence-corrected chi connectivity index (χ1v) is 8.62. The molecule has 0 bridgehead atoms. The minimum atomic E-state index is -0.505. The Hall–Kier alpha value is -2.02. The SMILES string of the molecule is Cc1ccc(S[C@@H](C)C(=O)OCC(=O)NCC(=O)NC(C)C)cc1. The molecule has 1 rings (SSSR count). The van der Waals surface area contributed by atoms with Crippen LogP contribution in [0, 0.1) is 6.92 Å². The van der Waals surface area contributed by atoms with Gasteiger partial charge in [0.25, 0.3) is 5.91 Å². The number of nitrogens with one attached hydrogen (secondary N) is 2. The van der Waals surface area contributed by atoms with Gasteiger partial charge in [-0.3, -0.25) is 14.4 Å². The highest BCUT2D eigenvalue weighted by Crippen LogP contribution is 2.24. The van der Waals surface area contributed by atoms with Crippen LogP contribution in [-0.2, 0) is 19.1 Å². The van der Waals surface area contributed by atoms with Crippen LogP contribution in [-0.4, -0.2) is 42.2 Å². The first kappa shape index (κ1) is 20.0. The van der Waals surface area contributed by atoms with E-state index in [-0.39, 0.29) is 18.5 Å². The van der Waals surface area contributed by atoms with Crippen molar-refractivity contribution >= 4 is 29.5 Å². The first-order chi connectivity index (χ1) is 11.3. The average molecular weight is 352 g/mol. The fraction of sp³-hybridized carbons (Fsp3) is 0.471. The number of benzene rings is 1. The van der Waals surface area contributed by atoms with E-state index < -0.39 is 23.7 Å². The molecular weight excluding hydrogens is 328 g/mol. The largest absolute Gasteiger partial charge is 0.455 e. The van der Waals surface area contributed by atoms with Gasteiger partial charge in [0, 0.05) is 10.9 Å². The van der Waals surface area contributed by atoms with E-state index in [0.29, 0.717) is 0 Å². The quantitative estimate of drug-likeness (QED) is 0.549. The van der Waals surface area contributed by atoms with Crippen molar-refractivity contribution in [3.63, 3.8) is 0 Å². The Morgan fingerprint density at radius 1 is 1.08 bits per heavy atom. The Labute approximate surface area is 146 Å². The lowest BCUT2D eigenvalue weighted by Gasteiger charge is -2.12. The van der Waals surface area contributed by atoms with Crippen LogP contribution in [0.25, 0.3) is 0 Å². The lowest BCUT2D eigenvalue weighted by Crippen LogP contribution is -2.41. The molecule has 0 aliphatic heterocycles. The van der Waals surface area contributed by atoms with E-state index in [1.54, 1.807) is 6.92 Å². The Morgan fingerprint density at radius 2 is 1.71 bits per heavy atom. The van der Waals surface area contributed by atoms with Crippen LogP contribution in [0.2, 0.25) is 0 Å². The van der Waals surface area contributed by atoms with Crippen LogP contribution in [0.4, 0.5) is 0 Å². The van der Waals surface area contributed by atoms with Crippen molar-refractivity contribution in [2.45, 2.75) is 43.9 Å². The van der Waals surface area contributed by atoms with E-state index in [4.69, 9.17) is 4.74 Å². The predicted octanol–water partition coefficient (Wildman–Crippen LogP) is 1.66. The van der Waals surface area contributed by atoms with E-state index in [9.17, 15) is 14.4 Å². The van der Waals surface area contributed by atoms with Gasteiger partial charge in [0.2, 0.25) is 5.91 Å². The van der Waals surface area contributed by atoms with Gasteiger partial charge in [-0.2, -0.15) is 0 Å². The van der Waals surface area contributed by atoms with Gasteiger partial charge >= 0.3 is 5.97 Å². The van der Waals surface area contributed by atoms with Crippen LogP contribution in [0.5, 0.6) is 0 Å². The van der Waals surface area contributed by atoms with Crippen LogP contribution >= 0.6 is 11.8 Å². The molecule has 1 atom stereocenters. The Kier molecular flexibility index (Phi) is 8.32. The van der Waals surface area contributed by atoms with E-state index in [0.717, 1.165) is 10.5 Å².